The summed E-state index contributed by atoms with van der Waals surface area (Å²) in [6, 6.07) is 17.5. The van der Waals surface area contributed by atoms with Gasteiger partial charge in [0.15, 0.2) is 0 Å². The second-order valence-electron chi connectivity index (χ2n) is 6.31. The van der Waals surface area contributed by atoms with Crippen LogP contribution >= 0.6 is 0 Å². The molecule has 0 atom stereocenters. The van der Waals surface area contributed by atoms with Gasteiger partial charge in [-0.2, -0.15) is 0 Å². The standard InChI is InChI=1S/C22H22N2O3S/c1-16(18-12-14-23-15-13-18)17(2)21-6-4-5-7-22(21)24-28(25,26)20-10-8-19(27-3)9-11-20/h4-15,24H,1-3H3/b17-16-. The summed E-state index contributed by atoms with van der Waals surface area (Å²) < 4.78 is 33.5. The monoisotopic (exact) mass is 394 g/mol. The number of allylic oxidation sites excluding steroid dienone is 2. The molecule has 1 aromatic heterocycles. The predicted molar refractivity (Wildman–Crippen MR) is 113 cm³/mol. The van der Waals surface area contributed by atoms with Crippen LogP contribution in [-0.4, -0.2) is 20.5 Å². The highest BCUT2D eigenvalue weighted by Crippen LogP contribution is 2.31. The number of hydrogen-bond acceptors (Lipinski definition) is 4. The van der Waals surface area contributed by atoms with E-state index in [9.17, 15) is 8.42 Å². The van der Waals surface area contributed by atoms with Gasteiger partial charge in [0.1, 0.15) is 5.75 Å². The molecule has 0 aliphatic carbocycles. The Morgan fingerprint density at radius 2 is 1.54 bits per heavy atom. The first-order valence-electron chi connectivity index (χ1n) is 8.76. The average Bonchev–Trinajstić information content (AvgIpc) is 2.73. The van der Waals surface area contributed by atoms with Crippen molar-refractivity contribution in [2.75, 3.05) is 11.8 Å². The molecule has 0 aliphatic heterocycles. The molecule has 0 amide bonds. The highest BCUT2D eigenvalue weighted by molar-refractivity contribution is 7.92. The van der Waals surface area contributed by atoms with E-state index in [0.29, 0.717) is 11.4 Å². The molecule has 0 spiro atoms. The molecule has 0 unspecified atom stereocenters. The van der Waals surface area contributed by atoms with E-state index in [-0.39, 0.29) is 4.90 Å². The highest BCUT2D eigenvalue weighted by atomic mass is 32.2. The summed E-state index contributed by atoms with van der Waals surface area (Å²) in [5.74, 6) is 0.603. The minimum absolute atomic E-state index is 0.176. The molecule has 1 heterocycles. The van der Waals surface area contributed by atoms with Crippen molar-refractivity contribution < 1.29 is 13.2 Å². The molecule has 1 N–H and O–H groups in total. The molecule has 2 aromatic carbocycles. The second-order valence-corrected chi connectivity index (χ2v) is 7.99. The Bertz CT molecular complexity index is 1090. The van der Waals surface area contributed by atoms with Gasteiger partial charge >= 0.3 is 0 Å². The quantitative estimate of drug-likeness (QED) is 0.649. The van der Waals surface area contributed by atoms with Gasteiger partial charge in [-0.05, 0) is 73.0 Å². The van der Waals surface area contributed by atoms with Crippen molar-refractivity contribution in [2.45, 2.75) is 18.7 Å². The number of para-hydroxylation sites is 1. The zero-order valence-electron chi connectivity index (χ0n) is 16.0. The van der Waals surface area contributed by atoms with Crippen LogP contribution in [0.15, 0.2) is 78.0 Å². The lowest BCUT2D eigenvalue weighted by molar-refractivity contribution is 0.414. The third-order valence-electron chi connectivity index (χ3n) is 4.62. The molecule has 0 aliphatic rings. The Morgan fingerprint density at radius 1 is 0.893 bits per heavy atom. The van der Waals surface area contributed by atoms with Crippen molar-refractivity contribution in [2.24, 2.45) is 0 Å². The van der Waals surface area contributed by atoms with Crippen LogP contribution in [0.2, 0.25) is 0 Å². The van der Waals surface area contributed by atoms with Crippen LogP contribution in [0.3, 0.4) is 0 Å². The number of methoxy groups -OCH3 is 1. The van der Waals surface area contributed by atoms with E-state index in [1.54, 1.807) is 30.6 Å². The summed E-state index contributed by atoms with van der Waals surface area (Å²) in [5, 5.41) is 0. The normalized spacial score (nSPS) is 12.2. The van der Waals surface area contributed by atoms with Gasteiger partial charge in [0.05, 0.1) is 17.7 Å². The minimum Gasteiger partial charge on any atom is -0.497 e. The number of ether oxygens (including phenoxy) is 1. The van der Waals surface area contributed by atoms with Crippen LogP contribution < -0.4 is 9.46 Å². The number of benzene rings is 2. The Morgan fingerprint density at radius 3 is 2.18 bits per heavy atom. The molecule has 3 rings (SSSR count). The van der Waals surface area contributed by atoms with Gasteiger partial charge < -0.3 is 4.74 Å². The van der Waals surface area contributed by atoms with Crippen LogP contribution in [0.5, 0.6) is 5.75 Å². The Hall–Kier alpha value is -3.12. The number of rotatable bonds is 6. The van der Waals surface area contributed by atoms with Crippen LogP contribution in [0, 0.1) is 0 Å². The van der Waals surface area contributed by atoms with Gasteiger partial charge in [0, 0.05) is 18.0 Å². The fourth-order valence-corrected chi connectivity index (χ4v) is 3.96. The molecule has 0 bridgehead atoms. The number of sulfonamides is 1. The van der Waals surface area contributed by atoms with Crippen molar-refractivity contribution >= 4 is 26.9 Å². The van der Waals surface area contributed by atoms with Crippen molar-refractivity contribution in [1.29, 1.82) is 0 Å². The zero-order valence-corrected chi connectivity index (χ0v) is 16.8. The number of anilines is 1. The summed E-state index contributed by atoms with van der Waals surface area (Å²) in [6.45, 7) is 4.00. The topological polar surface area (TPSA) is 68.3 Å². The first-order valence-corrected chi connectivity index (χ1v) is 10.2. The fourth-order valence-electron chi connectivity index (χ4n) is 2.88. The van der Waals surface area contributed by atoms with E-state index in [1.165, 1.54) is 19.2 Å². The molecular weight excluding hydrogens is 372 g/mol. The van der Waals surface area contributed by atoms with E-state index in [0.717, 1.165) is 22.3 Å². The van der Waals surface area contributed by atoms with Gasteiger partial charge in [0.25, 0.3) is 10.0 Å². The number of pyridine rings is 1. The van der Waals surface area contributed by atoms with Crippen molar-refractivity contribution in [3.63, 3.8) is 0 Å². The number of nitrogens with zero attached hydrogens (tertiary/aromatic N) is 1. The highest BCUT2D eigenvalue weighted by Gasteiger charge is 2.17. The summed E-state index contributed by atoms with van der Waals surface area (Å²) >= 11 is 0. The van der Waals surface area contributed by atoms with E-state index < -0.39 is 10.0 Å². The van der Waals surface area contributed by atoms with Crippen molar-refractivity contribution in [3.8, 4) is 5.75 Å². The van der Waals surface area contributed by atoms with Crippen LogP contribution in [-0.2, 0) is 10.0 Å². The molecule has 0 saturated heterocycles. The van der Waals surface area contributed by atoms with E-state index >= 15 is 0 Å². The SMILES string of the molecule is COc1ccc(S(=O)(=O)Nc2ccccc2/C(C)=C(/C)c2ccncc2)cc1. The largest absolute Gasteiger partial charge is 0.497 e. The molecule has 6 heteroatoms. The molecule has 0 fully saturated rings. The van der Waals surface area contributed by atoms with Crippen molar-refractivity contribution in [3.05, 3.63) is 84.2 Å². The molecule has 0 saturated carbocycles. The fraction of sp³-hybridized carbons (Fsp3) is 0.136. The van der Waals surface area contributed by atoms with E-state index in [1.807, 2.05) is 44.2 Å². The van der Waals surface area contributed by atoms with Gasteiger partial charge in [-0.3, -0.25) is 9.71 Å². The second kappa shape index (κ2) is 8.27. The number of aromatic nitrogens is 1. The molecule has 3 aromatic rings. The Kier molecular flexibility index (Phi) is 5.80. The average molecular weight is 394 g/mol. The van der Waals surface area contributed by atoms with Crippen LogP contribution in [0.1, 0.15) is 25.0 Å². The summed E-state index contributed by atoms with van der Waals surface area (Å²) in [4.78, 5) is 4.23. The van der Waals surface area contributed by atoms with Gasteiger partial charge in [-0.1, -0.05) is 18.2 Å². The molecule has 144 valence electrons. The third-order valence-corrected chi connectivity index (χ3v) is 6.00. The summed E-state index contributed by atoms with van der Waals surface area (Å²) in [6.07, 6.45) is 3.48. The van der Waals surface area contributed by atoms with Gasteiger partial charge in [-0.15, -0.1) is 0 Å². The first kappa shape index (κ1) is 19.6. The molecular formula is C22H22N2O3S. The third kappa shape index (κ3) is 4.23. The van der Waals surface area contributed by atoms with Gasteiger partial charge in [0.2, 0.25) is 0 Å². The van der Waals surface area contributed by atoms with E-state index in [4.69, 9.17) is 4.74 Å². The lowest BCUT2D eigenvalue weighted by atomic mass is 9.97. The molecule has 28 heavy (non-hydrogen) atoms. The van der Waals surface area contributed by atoms with Crippen LogP contribution in [0.4, 0.5) is 5.69 Å². The smallest absolute Gasteiger partial charge is 0.261 e. The lowest BCUT2D eigenvalue weighted by Gasteiger charge is -2.15. The number of hydrogen-bond donors (Lipinski definition) is 1. The lowest BCUT2D eigenvalue weighted by Crippen LogP contribution is -2.14. The first-order chi connectivity index (χ1) is 13.4. The Labute approximate surface area is 165 Å². The molecule has 0 radical (unpaired) electrons. The van der Waals surface area contributed by atoms with Gasteiger partial charge in [-0.25, -0.2) is 8.42 Å². The molecule has 5 nitrogen and oxygen atoms in total. The summed E-state index contributed by atoms with van der Waals surface area (Å²) in [5.41, 5.74) is 4.44. The van der Waals surface area contributed by atoms with E-state index in [2.05, 4.69) is 9.71 Å². The number of nitrogens with one attached hydrogen (secondary N) is 1. The minimum atomic E-state index is -3.72. The maximum absolute atomic E-state index is 12.8. The zero-order chi connectivity index (χ0) is 20.1. The summed E-state index contributed by atoms with van der Waals surface area (Å²) in [7, 11) is -2.18. The maximum atomic E-state index is 12.8. The van der Waals surface area contributed by atoms with Crippen LogP contribution in [0.25, 0.3) is 11.1 Å². The van der Waals surface area contributed by atoms with Crippen molar-refractivity contribution in [1.82, 2.24) is 4.98 Å². The Balaban J connectivity index is 1.98. The maximum Gasteiger partial charge on any atom is 0.261 e. The predicted octanol–water partition coefficient (Wildman–Crippen LogP) is 4.84.